The molecule has 70 valence electrons. The van der Waals surface area contributed by atoms with E-state index in [4.69, 9.17) is 4.74 Å². The van der Waals surface area contributed by atoms with Crippen LogP contribution in [0, 0.1) is 11.3 Å². The Morgan fingerprint density at radius 2 is 1.92 bits per heavy atom. The normalized spacial score (nSPS) is 34.6. The second kappa shape index (κ2) is 2.48. The second-order valence-corrected chi connectivity index (χ2v) is 5.02. The average Bonchev–Trinajstić information content (AvgIpc) is 2.37. The van der Waals surface area contributed by atoms with Crippen molar-refractivity contribution < 1.29 is 9.53 Å². The average molecular weight is 170 g/mol. The van der Waals surface area contributed by atoms with E-state index < -0.39 is 0 Å². The van der Waals surface area contributed by atoms with E-state index in [0.29, 0.717) is 5.92 Å². The van der Waals surface area contributed by atoms with Crippen LogP contribution in [0.15, 0.2) is 0 Å². The van der Waals surface area contributed by atoms with Gasteiger partial charge >= 0.3 is 5.97 Å². The summed E-state index contributed by atoms with van der Waals surface area (Å²) in [4.78, 5) is 11.5. The number of rotatable bonds is 1. The third-order valence-corrected chi connectivity index (χ3v) is 2.52. The lowest BCUT2D eigenvalue weighted by Gasteiger charge is -2.22. The molecule has 0 radical (unpaired) electrons. The van der Waals surface area contributed by atoms with Crippen LogP contribution >= 0.6 is 0 Å². The molecule has 0 amide bonds. The monoisotopic (exact) mass is 170 g/mol. The van der Waals surface area contributed by atoms with Crippen LogP contribution in [0.25, 0.3) is 0 Å². The molecule has 2 nitrogen and oxygen atoms in total. The van der Waals surface area contributed by atoms with Gasteiger partial charge in [0.15, 0.2) is 0 Å². The summed E-state index contributed by atoms with van der Waals surface area (Å²) in [7, 11) is 0. The Morgan fingerprint density at radius 1 is 1.50 bits per heavy atom. The molecule has 0 aromatic heterocycles. The highest BCUT2D eigenvalue weighted by atomic mass is 16.6. The van der Waals surface area contributed by atoms with Crippen LogP contribution in [-0.4, -0.2) is 11.6 Å². The number of hydrogen-bond donors (Lipinski definition) is 0. The molecule has 0 spiro atoms. The van der Waals surface area contributed by atoms with Crippen LogP contribution in [0.4, 0.5) is 0 Å². The van der Waals surface area contributed by atoms with E-state index in [-0.39, 0.29) is 17.0 Å². The van der Waals surface area contributed by atoms with Gasteiger partial charge in [-0.25, -0.2) is 0 Å². The van der Waals surface area contributed by atoms with Crippen LogP contribution in [-0.2, 0) is 9.53 Å². The number of ether oxygens (including phenoxy) is 1. The van der Waals surface area contributed by atoms with Crippen molar-refractivity contribution in [3.05, 3.63) is 0 Å². The van der Waals surface area contributed by atoms with Gasteiger partial charge in [0.2, 0.25) is 0 Å². The maximum atomic E-state index is 11.5. The van der Waals surface area contributed by atoms with Crippen molar-refractivity contribution in [3.63, 3.8) is 0 Å². The van der Waals surface area contributed by atoms with Gasteiger partial charge in [0, 0.05) is 0 Å². The molecule has 0 aromatic rings. The van der Waals surface area contributed by atoms with E-state index >= 15 is 0 Å². The van der Waals surface area contributed by atoms with Gasteiger partial charge in [-0.1, -0.05) is 6.92 Å². The van der Waals surface area contributed by atoms with Gasteiger partial charge in [-0.2, -0.15) is 0 Å². The van der Waals surface area contributed by atoms with Crippen LogP contribution in [0.5, 0.6) is 0 Å². The van der Waals surface area contributed by atoms with Gasteiger partial charge in [-0.05, 0) is 40.0 Å². The van der Waals surface area contributed by atoms with E-state index in [1.165, 1.54) is 0 Å². The number of esters is 1. The minimum Gasteiger partial charge on any atom is -0.460 e. The standard InChI is InChI=1S/C10H18O2/c1-7-6-10(7,5)8(11)12-9(2,3)4/h7H,6H2,1-5H3/t7?,10-/m1/s1. The Bertz CT molecular complexity index is 202. The van der Waals surface area contributed by atoms with Crippen molar-refractivity contribution in [1.82, 2.24) is 0 Å². The molecule has 1 aliphatic rings. The third-order valence-electron chi connectivity index (χ3n) is 2.52. The summed E-state index contributed by atoms with van der Waals surface area (Å²) in [6.45, 7) is 9.78. The van der Waals surface area contributed by atoms with Crippen molar-refractivity contribution in [2.45, 2.75) is 46.6 Å². The zero-order chi connectivity index (χ0) is 9.57. The molecule has 0 bridgehead atoms. The van der Waals surface area contributed by atoms with E-state index in [0.717, 1.165) is 6.42 Å². The SMILES string of the molecule is CC1C[C@@]1(C)C(=O)OC(C)(C)C. The first-order valence-corrected chi connectivity index (χ1v) is 4.49. The Kier molecular flexibility index (Phi) is 1.97. The maximum Gasteiger partial charge on any atom is 0.312 e. The highest BCUT2D eigenvalue weighted by molar-refractivity contribution is 5.80. The molecule has 2 atom stereocenters. The molecule has 2 heteroatoms. The fraction of sp³-hybridized carbons (Fsp3) is 0.900. The Hall–Kier alpha value is -0.530. The highest BCUT2D eigenvalue weighted by Gasteiger charge is 2.55. The lowest BCUT2D eigenvalue weighted by atomic mass is 10.1. The molecule has 0 aliphatic heterocycles. The zero-order valence-electron chi connectivity index (χ0n) is 8.60. The minimum atomic E-state index is -0.345. The van der Waals surface area contributed by atoms with Crippen molar-refractivity contribution in [2.24, 2.45) is 11.3 Å². The van der Waals surface area contributed by atoms with Gasteiger partial charge in [0.05, 0.1) is 5.41 Å². The quantitative estimate of drug-likeness (QED) is 0.565. The lowest BCUT2D eigenvalue weighted by molar-refractivity contribution is -0.161. The van der Waals surface area contributed by atoms with E-state index in [1.807, 2.05) is 27.7 Å². The largest absolute Gasteiger partial charge is 0.460 e. The molecule has 0 saturated heterocycles. The van der Waals surface area contributed by atoms with Gasteiger partial charge in [0.1, 0.15) is 5.60 Å². The van der Waals surface area contributed by atoms with Gasteiger partial charge in [0.25, 0.3) is 0 Å². The zero-order valence-corrected chi connectivity index (χ0v) is 8.60. The topological polar surface area (TPSA) is 26.3 Å². The number of hydrogen-bond acceptors (Lipinski definition) is 2. The van der Waals surface area contributed by atoms with Gasteiger partial charge in [-0.3, -0.25) is 4.79 Å². The summed E-state index contributed by atoms with van der Waals surface area (Å²) >= 11 is 0. The predicted octanol–water partition coefficient (Wildman–Crippen LogP) is 2.37. The van der Waals surface area contributed by atoms with Crippen molar-refractivity contribution in [1.29, 1.82) is 0 Å². The first kappa shape index (κ1) is 9.56. The molecule has 1 rings (SSSR count). The maximum absolute atomic E-state index is 11.5. The Morgan fingerprint density at radius 3 is 2.17 bits per heavy atom. The number of carbonyl (C=O) groups is 1. The Balaban J connectivity index is 2.51. The molecule has 1 unspecified atom stereocenters. The van der Waals surface area contributed by atoms with Crippen LogP contribution in [0.2, 0.25) is 0 Å². The minimum absolute atomic E-state index is 0.0394. The molecule has 0 heterocycles. The van der Waals surface area contributed by atoms with Crippen LogP contribution < -0.4 is 0 Å². The van der Waals surface area contributed by atoms with E-state index in [9.17, 15) is 4.79 Å². The van der Waals surface area contributed by atoms with E-state index in [1.54, 1.807) is 0 Å². The van der Waals surface area contributed by atoms with Gasteiger partial charge < -0.3 is 4.74 Å². The fourth-order valence-electron chi connectivity index (χ4n) is 1.26. The lowest BCUT2D eigenvalue weighted by Crippen LogP contribution is -2.29. The molecular formula is C10H18O2. The first-order valence-electron chi connectivity index (χ1n) is 4.49. The molecule has 1 aliphatic carbocycles. The second-order valence-electron chi connectivity index (χ2n) is 5.02. The summed E-state index contributed by atoms with van der Waals surface area (Å²) < 4.78 is 5.30. The summed E-state index contributed by atoms with van der Waals surface area (Å²) in [5.41, 5.74) is -0.532. The summed E-state index contributed by atoms with van der Waals surface area (Å²) in [5, 5.41) is 0. The summed E-state index contributed by atoms with van der Waals surface area (Å²) in [6, 6.07) is 0. The molecule has 1 saturated carbocycles. The summed E-state index contributed by atoms with van der Waals surface area (Å²) in [6.07, 6.45) is 0.974. The molecule has 12 heavy (non-hydrogen) atoms. The number of carbonyl (C=O) groups excluding carboxylic acids is 1. The van der Waals surface area contributed by atoms with Crippen molar-refractivity contribution >= 4 is 5.97 Å². The van der Waals surface area contributed by atoms with Crippen LogP contribution in [0.1, 0.15) is 41.0 Å². The van der Waals surface area contributed by atoms with E-state index in [2.05, 4.69) is 6.92 Å². The highest BCUT2D eigenvalue weighted by Crippen LogP contribution is 2.53. The van der Waals surface area contributed by atoms with Crippen LogP contribution in [0.3, 0.4) is 0 Å². The predicted molar refractivity (Wildman–Crippen MR) is 47.7 cm³/mol. The first-order chi connectivity index (χ1) is 5.26. The van der Waals surface area contributed by atoms with Crippen molar-refractivity contribution in [2.75, 3.05) is 0 Å². The fourth-order valence-corrected chi connectivity index (χ4v) is 1.26. The smallest absolute Gasteiger partial charge is 0.312 e. The Labute approximate surface area is 74.3 Å². The molecular weight excluding hydrogens is 152 g/mol. The van der Waals surface area contributed by atoms with Gasteiger partial charge in [-0.15, -0.1) is 0 Å². The molecule has 1 fully saturated rings. The molecule has 0 aromatic carbocycles. The third kappa shape index (κ3) is 1.79. The van der Waals surface area contributed by atoms with Crippen molar-refractivity contribution in [3.8, 4) is 0 Å². The summed E-state index contributed by atoms with van der Waals surface area (Å²) in [5.74, 6) is 0.454. The molecule has 0 N–H and O–H groups in total.